The summed E-state index contributed by atoms with van der Waals surface area (Å²) >= 11 is 0. The molecule has 0 spiro atoms. The molecule has 0 fully saturated rings. The van der Waals surface area contributed by atoms with Crippen LogP contribution in [0.15, 0.2) is 30.8 Å². The number of rotatable bonds is 3. The molecule has 0 saturated carbocycles. The Labute approximate surface area is 77.7 Å². The average molecular weight is 196 g/mol. The molecule has 1 rings (SSSR count). The Balaban J connectivity index is 3.15. The Morgan fingerprint density at radius 2 is 2.08 bits per heavy atom. The number of carbonyl (C=O) groups excluding carboxylic acids is 1. The van der Waals surface area contributed by atoms with Gasteiger partial charge in [-0.05, 0) is 11.6 Å². The van der Waals surface area contributed by atoms with Gasteiger partial charge in [-0.2, -0.15) is 0 Å². The Hall–Kier alpha value is -1.42. The van der Waals surface area contributed by atoms with E-state index in [2.05, 4.69) is 6.58 Å². The molecule has 1 aromatic rings. The lowest BCUT2D eigenvalue weighted by Crippen LogP contribution is -1.87. The molecule has 0 heterocycles. The molecule has 0 unspecified atom stereocenters. The molecule has 0 aliphatic carbocycles. The van der Waals surface area contributed by atoms with Crippen molar-refractivity contribution in [1.82, 2.24) is 0 Å². The van der Waals surface area contributed by atoms with E-state index in [0.717, 1.165) is 0 Å². The monoisotopic (exact) mass is 196 g/mol. The molecule has 0 amide bonds. The smallest absolute Gasteiger partial charge is 0.168 e. The molecular weight excluding hydrogens is 188 g/mol. The molecule has 13 heavy (non-hydrogen) atoms. The Morgan fingerprint density at radius 1 is 1.38 bits per heavy atom. The molecular formula is C9H8O3S. The van der Waals surface area contributed by atoms with Gasteiger partial charge in [0.25, 0.3) is 0 Å². The van der Waals surface area contributed by atoms with Crippen LogP contribution in [0.5, 0.6) is 0 Å². The Bertz CT molecular complexity index is 411. The lowest BCUT2D eigenvalue weighted by molar-refractivity contribution is 0.112. The van der Waals surface area contributed by atoms with Gasteiger partial charge in [-0.15, -0.1) is 0 Å². The van der Waals surface area contributed by atoms with Crippen LogP contribution in [0.4, 0.5) is 0 Å². The summed E-state index contributed by atoms with van der Waals surface area (Å²) in [5, 5.41) is 0. The van der Waals surface area contributed by atoms with Gasteiger partial charge in [0.05, 0.1) is 4.91 Å². The minimum Gasteiger partial charge on any atom is -0.298 e. The summed E-state index contributed by atoms with van der Waals surface area (Å²) in [6.07, 6.45) is 0.661. The first-order chi connectivity index (χ1) is 6.15. The number of benzene rings is 1. The molecule has 0 saturated heterocycles. The number of carbonyl (C=O) groups is 1. The van der Waals surface area contributed by atoms with E-state index in [-0.39, 0.29) is 4.91 Å². The lowest BCUT2D eigenvalue weighted by Gasteiger charge is -1.97. The predicted molar refractivity (Wildman–Crippen MR) is 51.2 cm³/mol. The van der Waals surface area contributed by atoms with E-state index in [1.54, 1.807) is 18.2 Å². The third-order valence-corrected chi connectivity index (χ3v) is 2.28. The molecule has 1 aromatic carbocycles. The van der Waals surface area contributed by atoms with Crippen molar-refractivity contribution in [1.29, 1.82) is 0 Å². The van der Waals surface area contributed by atoms with Gasteiger partial charge in [0.2, 0.25) is 0 Å². The van der Waals surface area contributed by atoms with Crippen LogP contribution >= 0.6 is 0 Å². The lowest BCUT2D eigenvalue weighted by atomic mass is 10.1. The second-order valence-corrected chi connectivity index (χ2v) is 3.50. The third-order valence-electron chi connectivity index (χ3n) is 1.58. The van der Waals surface area contributed by atoms with Crippen LogP contribution in [0.2, 0.25) is 0 Å². The fourth-order valence-corrected chi connectivity index (χ4v) is 1.25. The molecule has 3 nitrogen and oxygen atoms in total. The van der Waals surface area contributed by atoms with Crippen LogP contribution in [0, 0.1) is 0 Å². The van der Waals surface area contributed by atoms with E-state index in [0.29, 0.717) is 17.4 Å². The summed E-state index contributed by atoms with van der Waals surface area (Å²) in [6, 6.07) is 6.30. The van der Waals surface area contributed by atoms with Crippen LogP contribution in [-0.4, -0.2) is 14.7 Å². The number of thiol groups is 1. The van der Waals surface area contributed by atoms with Crippen LogP contribution in [0.25, 0.3) is 4.91 Å². The summed E-state index contributed by atoms with van der Waals surface area (Å²) in [4.78, 5) is 10.4. The number of aldehydes is 1. The maximum atomic E-state index is 10.5. The molecule has 68 valence electrons. The third kappa shape index (κ3) is 2.26. The normalized spacial score (nSPS) is 9.92. The minimum atomic E-state index is -2.67. The zero-order chi connectivity index (χ0) is 9.84. The molecule has 0 aliphatic rings. The van der Waals surface area contributed by atoms with Crippen molar-refractivity contribution in [2.45, 2.75) is 0 Å². The molecule has 0 aliphatic heterocycles. The van der Waals surface area contributed by atoms with Crippen molar-refractivity contribution in [3.8, 4) is 0 Å². The largest absolute Gasteiger partial charge is 0.298 e. The maximum absolute atomic E-state index is 10.5. The standard InChI is InChI=1S/C9H8O3S/c1-7(13(11)12)9-4-2-3-8(5-9)6-10/h2-6,13H,1H2. The Kier molecular flexibility index (Phi) is 2.97. The van der Waals surface area contributed by atoms with Gasteiger partial charge < -0.3 is 0 Å². The highest BCUT2D eigenvalue weighted by Crippen LogP contribution is 2.13. The van der Waals surface area contributed by atoms with Gasteiger partial charge in [-0.1, -0.05) is 24.8 Å². The van der Waals surface area contributed by atoms with Gasteiger partial charge >= 0.3 is 0 Å². The summed E-state index contributed by atoms with van der Waals surface area (Å²) in [7, 11) is -2.67. The molecule has 0 aromatic heterocycles. The minimum absolute atomic E-state index is 0.0266. The van der Waals surface area contributed by atoms with E-state index < -0.39 is 10.7 Å². The van der Waals surface area contributed by atoms with Crippen LogP contribution in [0.3, 0.4) is 0 Å². The first-order valence-corrected chi connectivity index (χ1v) is 4.72. The second-order valence-electron chi connectivity index (χ2n) is 2.45. The van der Waals surface area contributed by atoms with Crippen molar-refractivity contribution in [2.75, 3.05) is 0 Å². The topological polar surface area (TPSA) is 51.2 Å². The fraction of sp³-hybridized carbons (Fsp3) is 0. The Morgan fingerprint density at radius 3 is 2.62 bits per heavy atom. The zero-order valence-corrected chi connectivity index (χ0v) is 7.66. The number of hydrogen-bond donors (Lipinski definition) is 1. The predicted octanol–water partition coefficient (Wildman–Crippen LogP) is 1.08. The molecule has 0 bridgehead atoms. The van der Waals surface area contributed by atoms with E-state index in [1.165, 1.54) is 6.07 Å². The van der Waals surface area contributed by atoms with Gasteiger partial charge in [0.15, 0.2) is 10.7 Å². The molecule has 0 N–H and O–H groups in total. The van der Waals surface area contributed by atoms with Crippen LogP contribution in [0.1, 0.15) is 15.9 Å². The quantitative estimate of drug-likeness (QED) is 0.581. The molecule has 0 atom stereocenters. The average Bonchev–Trinajstić information content (AvgIpc) is 2.16. The maximum Gasteiger partial charge on any atom is 0.168 e. The van der Waals surface area contributed by atoms with E-state index in [1.807, 2.05) is 0 Å². The van der Waals surface area contributed by atoms with Gasteiger partial charge in [0, 0.05) is 5.56 Å². The highest BCUT2D eigenvalue weighted by molar-refractivity contribution is 7.82. The number of hydrogen-bond acceptors (Lipinski definition) is 3. The van der Waals surface area contributed by atoms with Crippen molar-refractivity contribution in [3.05, 3.63) is 42.0 Å². The van der Waals surface area contributed by atoms with Crippen LogP contribution < -0.4 is 0 Å². The summed E-state index contributed by atoms with van der Waals surface area (Å²) in [6.45, 7) is 3.39. The molecule has 4 heteroatoms. The van der Waals surface area contributed by atoms with E-state index in [4.69, 9.17) is 0 Å². The first kappa shape index (κ1) is 9.67. The van der Waals surface area contributed by atoms with E-state index in [9.17, 15) is 13.2 Å². The van der Waals surface area contributed by atoms with Gasteiger partial charge in [-0.25, -0.2) is 8.42 Å². The van der Waals surface area contributed by atoms with Crippen molar-refractivity contribution in [2.24, 2.45) is 0 Å². The summed E-state index contributed by atoms with van der Waals surface area (Å²) in [5.41, 5.74) is 0.899. The highest BCUT2D eigenvalue weighted by Gasteiger charge is 2.01. The first-order valence-electron chi connectivity index (χ1n) is 3.54. The zero-order valence-electron chi connectivity index (χ0n) is 6.77. The van der Waals surface area contributed by atoms with Gasteiger partial charge in [-0.3, -0.25) is 4.79 Å². The van der Waals surface area contributed by atoms with E-state index >= 15 is 0 Å². The van der Waals surface area contributed by atoms with Crippen molar-refractivity contribution >= 4 is 21.9 Å². The van der Waals surface area contributed by atoms with Crippen LogP contribution in [-0.2, 0) is 10.7 Å². The summed E-state index contributed by atoms with van der Waals surface area (Å²) < 4.78 is 21.1. The fourth-order valence-electron chi connectivity index (χ4n) is 0.897. The SMILES string of the molecule is C=C(c1cccc(C=O)c1)[SH](=O)=O. The summed E-state index contributed by atoms with van der Waals surface area (Å²) in [5.74, 6) is 0. The molecule has 0 radical (unpaired) electrons. The second kappa shape index (κ2) is 4.00. The van der Waals surface area contributed by atoms with Gasteiger partial charge in [0.1, 0.15) is 6.29 Å². The highest BCUT2D eigenvalue weighted by atomic mass is 32.2. The van der Waals surface area contributed by atoms with Crippen molar-refractivity contribution < 1.29 is 13.2 Å². The van der Waals surface area contributed by atoms with Crippen molar-refractivity contribution in [3.63, 3.8) is 0 Å².